The molecular weight excluding hydrogens is 430 g/mol. The van der Waals surface area contributed by atoms with Crippen LogP contribution in [0.25, 0.3) is 11.1 Å². The average Bonchev–Trinajstić information content (AvgIpc) is 3.07. The molecule has 0 fully saturated rings. The minimum absolute atomic E-state index is 0.360. The van der Waals surface area contributed by atoms with Gasteiger partial charge in [0.15, 0.2) is 11.6 Å². The summed E-state index contributed by atoms with van der Waals surface area (Å²) in [7, 11) is 0. The second-order valence-corrected chi connectivity index (χ2v) is 8.51. The van der Waals surface area contributed by atoms with Crippen molar-refractivity contribution in [3.05, 3.63) is 107 Å². The first-order valence-electron chi connectivity index (χ1n) is 10.4. The number of benzene rings is 3. The Morgan fingerprint density at radius 3 is 2.18 bits per heavy atom. The standard InChI is InChI=1S/C26H19F4N3/c1-26(14-16-9-19(27)13-20(28)10-16)15-33(25-31-7-2-8-32-25)24-6-4-17(11-21(24)26)18-3-5-22(29)23(30)12-18/h2-13H,14-15H2,1H3. The van der Waals surface area contributed by atoms with Crippen molar-refractivity contribution in [3.63, 3.8) is 0 Å². The zero-order valence-electron chi connectivity index (χ0n) is 17.7. The van der Waals surface area contributed by atoms with E-state index in [4.69, 9.17) is 0 Å². The molecule has 7 heteroatoms. The van der Waals surface area contributed by atoms with Gasteiger partial charge in [0.05, 0.1) is 0 Å². The highest BCUT2D eigenvalue weighted by Gasteiger charge is 2.41. The van der Waals surface area contributed by atoms with Crippen molar-refractivity contribution in [2.45, 2.75) is 18.8 Å². The van der Waals surface area contributed by atoms with Gasteiger partial charge in [-0.05, 0) is 71.1 Å². The van der Waals surface area contributed by atoms with Gasteiger partial charge in [-0.25, -0.2) is 27.5 Å². The predicted octanol–water partition coefficient (Wildman–Crippen LogP) is 6.35. The normalized spacial score (nSPS) is 17.3. The van der Waals surface area contributed by atoms with Gasteiger partial charge in [-0.2, -0.15) is 0 Å². The molecule has 1 aliphatic heterocycles. The number of nitrogens with zero attached hydrogens (tertiary/aromatic N) is 3. The monoisotopic (exact) mass is 449 g/mol. The van der Waals surface area contributed by atoms with E-state index in [1.165, 1.54) is 18.2 Å². The van der Waals surface area contributed by atoms with E-state index in [1.54, 1.807) is 18.5 Å². The maximum absolute atomic E-state index is 13.9. The quantitative estimate of drug-likeness (QED) is 0.340. The minimum atomic E-state index is -0.926. The first-order chi connectivity index (χ1) is 15.8. The van der Waals surface area contributed by atoms with Gasteiger partial charge in [0, 0.05) is 36.1 Å². The summed E-state index contributed by atoms with van der Waals surface area (Å²) in [6.07, 6.45) is 3.66. The van der Waals surface area contributed by atoms with Crippen LogP contribution in [-0.2, 0) is 11.8 Å². The van der Waals surface area contributed by atoms with Gasteiger partial charge in [0.2, 0.25) is 5.95 Å². The van der Waals surface area contributed by atoms with E-state index in [2.05, 4.69) is 9.97 Å². The van der Waals surface area contributed by atoms with Gasteiger partial charge in [0.1, 0.15) is 11.6 Å². The number of hydrogen-bond acceptors (Lipinski definition) is 3. The first kappa shape index (κ1) is 21.1. The SMILES string of the molecule is CC1(Cc2cc(F)cc(F)c2)CN(c2ncccn2)c2ccc(-c3ccc(F)c(F)c3)cc21. The summed E-state index contributed by atoms with van der Waals surface area (Å²) >= 11 is 0. The number of anilines is 2. The highest BCUT2D eigenvalue weighted by Crippen LogP contribution is 2.46. The Morgan fingerprint density at radius 2 is 1.48 bits per heavy atom. The average molecular weight is 449 g/mol. The zero-order valence-corrected chi connectivity index (χ0v) is 17.7. The molecule has 0 spiro atoms. The van der Waals surface area contributed by atoms with Crippen molar-refractivity contribution in [2.24, 2.45) is 0 Å². The van der Waals surface area contributed by atoms with Crippen LogP contribution in [0.5, 0.6) is 0 Å². The van der Waals surface area contributed by atoms with Gasteiger partial charge < -0.3 is 4.90 Å². The van der Waals surface area contributed by atoms with Gasteiger partial charge in [-0.1, -0.05) is 19.1 Å². The largest absolute Gasteiger partial charge is 0.309 e. The fraction of sp³-hybridized carbons (Fsp3) is 0.154. The smallest absolute Gasteiger partial charge is 0.229 e. The molecule has 2 heterocycles. The van der Waals surface area contributed by atoms with E-state index in [-0.39, 0.29) is 0 Å². The van der Waals surface area contributed by atoms with Crippen molar-refractivity contribution in [3.8, 4) is 11.1 Å². The summed E-state index contributed by atoms with van der Waals surface area (Å²) in [4.78, 5) is 10.7. The summed E-state index contributed by atoms with van der Waals surface area (Å²) in [5.74, 6) is -2.60. The lowest BCUT2D eigenvalue weighted by Gasteiger charge is -2.26. The molecule has 166 valence electrons. The van der Waals surface area contributed by atoms with Crippen molar-refractivity contribution < 1.29 is 17.6 Å². The number of halogens is 4. The van der Waals surface area contributed by atoms with Crippen molar-refractivity contribution >= 4 is 11.6 Å². The number of hydrogen-bond donors (Lipinski definition) is 0. The molecule has 0 N–H and O–H groups in total. The lowest BCUT2D eigenvalue weighted by atomic mass is 9.78. The Labute approximate surface area is 188 Å². The van der Waals surface area contributed by atoms with Crippen LogP contribution in [0.3, 0.4) is 0 Å². The Kier molecular flexibility index (Phi) is 5.12. The lowest BCUT2D eigenvalue weighted by Crippen LogP contribution is -2.31. The van der Waals surface area contributed by atoms with Crippen molar-refractivity contribution in [2.75, 3.05) is 11.4 Å². The molecule has 1 unspecified atom stereocenters. The van der Waals surface area contributed by atoms with E-state index in [0.29, 0.717) is 35.6 Å². The minimum Gasteiger partial charge on any atom is -0.309 e. The van der Waals surface area contributed by atoms with Crippen LogP contribution in [0.15, 0.2) is 73.1 Å². The van der Waals surface area contributed by atoms with Crippen LogP contribution in [0.2, 0.25) is 0 Å². The molecule has 0 bridgehead atoms. The molecule has 3 aromatic carbocycles. The number of rotatable bonds is 4. The molecule has 3 nitrogen and oxygen atoms in total. The van der Waals surface area contributed by atoms with E-state index in [0.717, 1.165) is 29.4 Å². The molecule has 0 amide bonds. The summed E-state index contributed by atoms with van der Waals surface area (Å²) < 4.78 is 55.1. The van der Waals surface area contributed by atoms with Crippen molar-refractivity contribution in [1.82, 2.24) is 9.97 Å². The van der Waals surface area contributed by atoms with Crippen LogP contribution >= 0.6 is 0 Å². The Hall–Kier alpha value is -3.74. The Balaban J connectivity index is 1.63. The van der Waals surface area contributed by atoms with Crippen LogP contribution in [0.4, 0.5) is 29.2 Å². The van der Waals surface area contributed by atoms with Gasteiger partial charge in [0.25, 0.3) is 0 Å². The molecule has 0 saturated carbocycles. The van der Waals surface area contributed by atoms with Crippen LogP contribution < -0.4 is 4.90 Å². The molecule has 5 rings (SSSR count). The van der Waals surface area contributed by atoms with Gasteiger partial charge in [-0.15, -0.1) is 0 Å². The maximum atomic E-state index is 13.9. The Morgan fingerprint density at radius 1 is 0.818 bits per heavy atom. The molecule has 33 heavy (non-hydrogen) atoms. The van der Waals surface area contributed by atoms with E-state index in [9.17, 15) is 17.6 Å². The topological polar surface area (TPSA) is 29.0 Å². The van der Waals surface area contributed by atoms with Gasteiger partial charge in [-0.3, -0.25) is 0 Å². The van der Waals surface area contributed by atoms with Crippen LogP contribution in [-0.4, -0.2) is 16.5 Å². The van der Waals surface area contributed by atoms with Crippen molar-refractivity contribution in [1.29, 1.82) is 0 Å². The fourth-order valence-corrected chi connectivity index (χ4v) is 4.55. The van der Waals surface area contributed by atoms with E-state index in [1.807, 2.05) is 30.0 Å². The van der Waals surface area contributed by atoms with Crippen LogP contribution in [0, 0.1) is 23.3 Å². The third-order valence-electron chi connectivity index (χ3n) is 6.01. The number of aromatic nitrogens is 2. The lowest BCUT2D eigenvalue weighted by molar-refractivity contribution is 0.498. The third-order valence-corrected chi connectivity index (χ3v) is 6.01. The highest BCUT2D eigenvalue weighted by molar-refractivity contribution is 5.76. The van der Waals surface area contributed by atoms with Crippen LogP contribution in [0.1, 0.15) is 18.1 Å². The summed E-state index contributed by atoms with van der Waals surface area (Å²) in [5.41, 5.74) is 2.97. The Bertz CT molecular complexity index is 1320. The van der Waals surface area contributed by atoms with Gasteiger partial charge >= 0.3 is 0 Å². The summed E-state index contributed by atoms with van der Waals surface area (Å²) in [5, 5.41) is 0. The summed E-state index contributed by atoms with van der Waals surface area (Å²) in [6.45, 7) is 2.48. The fourth-order valence-electron chi connectivity index (χ4n) is 4.55. The molecular formula is C26H19F4N3. The highest BCUT2D eigenvalue weighted by atomic mass is 19.2. The maximum Gasteiger partial charge on any atom is 0.229 e. The second-order valence-electron chi connectivity index (χ2n) is 8.51. The van der Waals surface area contributed by atoms with E-state index < -0.39 is 28.7 Å². The summed E-state index contributed by atoms with van der Waals surface area (Å²) in [6, 6.07) is 14.6. The zero-order chi connectivity index (χ0) is 23.2. The molecule has 4 aromatic rings. The number of fused-ring (bicyclic) bond motifs is 1. The molecule has 0 radical (unpaired) electrons. The molecule has 1 aliphatic rings. The van der Waals surface area contributed by atoms with E-state index >= 15 is 0 Å². The third kappa shape index (κ3) is 3.95. The molecule has 1 atom stereocenters. The molecule has 0 saturated heterocycles. The first-order valence-corrected chi connectivity index (χ1v) is 10.4. The molecule has 1 aromatic heterocycles. The molecule has 0 aliphatic carbocycles. The second kappa shape index (κ2) is 7.99. The predicted molar refractivity (Wildman–Crippen MR) is 118 cm³/mol.